The number of halogens is 1. The highest BCUT2D eigenvalue weighted by Crippen LogP contribution is 2.16. The van der Waals surface area contributed by atoms with Crippen LogP contribution in [0.4, 0.5) is 0 Å². The van der Waals surface area contributed by atoms with E-state index in [9.17, 15) is 0 Å². The first-order chi connectivity index (χ1) is 11.8. The van der Waals surface area contributed by atoms with Crippen LogP contribution in [0.3, 0.4) is 0 Å². The summed E-state index contributed by atoms with van der Waals surface area (Å²) in [5.41, 5.74) is 0. The molecule has 0 radical (unpaired) electrons. The van der Waals surface area contributed by atoms with Crippen molar-refractivity contribution in [2.75, 3.05) is 39.4 Å². The first-order valence-corrected chi connectivity index (χ1v) is 11.3. The van der Waals surface area contributed by atoms with E-state index in [4.69, 9.17) is 4.74 Å². The van der Waals surface area contributed by atoms with E-state index >= 15 is 0 Å². The van der Waals surface area contributed by atoms with Crippen molar-refractivity contribution in [3.63, 3.8) is 0 Å². The van der Waals surface area contributed by atoms with Gasteiger partial charge in [-0.1, -0.05) is 84.0 Å². The summed E-state index contributed by atoms with van der Waals surface area (Å²) in [5, 5.41) is 0. The third kappa shape index (κ3) is 13.5. The number of nitrogens with zero attached hydrogens (tertiary/aromatic N) is 1. The molecule has 25 heavy (non-hydrogen) atoms. The van der Waals surface area contributed by atoms with Crippen LogP contribution in [0.2, 0.25) is 0 Å². The van der Waals surface area contributed by atoms with Gasteiger partial charge in [0.15, 0.2) is 0 Å². The minimum Gasteiger partial charge on any atom is -1.00 e. The highest BCUT2D eigenvalue weighted by Gasteiger charge is 2.27. The first-order valence-electron chi connectivity index (χ1n) is 11.3. The molecule has 0 unspecified atom stereocenters. The van der Waals surface area contributed by atoms with Gasteiger partial charge in [-0.3, -0.25) is 0 Å². The Balaban J connectivity index is 0.00000576. The number of ether oxygens (including phenoxy) is 1. The number of rotatable bonds is 16. The average Bonchev–Trinajstić information content (AvgIpc) is 2.63. The first kappa shape index (κ1) is 25.6. The van der Waals surface area contributed by atoms with E-state index in [0.717, 1.165) is 13.2 Å². The van der Waals surface area contributed by atoms with E-state index in [0.29, 0.717) is 0 Å². The largest absolute Gasteiger partial charge is 1.00 e. The molecule has 1 heterocycles. The number of unbranched alkanes of at least 4 members (excludes halogenated alkanes) is 13. The van der Waals surface area contributed by atoms with Crippen LogP contribution in [0.1, 0.15) is 104 Å². The maximum atomic E-state index is 5.53. The summed E-state index contributed by atoms with van der Waals surface area (Å²) in [4.78, 5) is 0. The summed E-state index contributed by atoms with van der Waals surface area (Å²) in [6.45, 7) is 11.8. The van der Waals surface area contributed by atoms with Gasteiger partial charge in [-0.15, -0.1) is 0 Å². The predicted molar refractivity (Wildman–Crippen MR) is 107 cm³/mol. The van der Waals surface area contributed by atoms with Crippen LogP contribution < -0.4 is 24.0 Å². The van der Waals surface area contributed by atoms with Gasteiger partial charge in [0.1, 0.15) is 13.1 Å². The van der Waals surface area contributed by atoms with Crippen molar-refractivity contribution in [1.29, 1.82) is 0 Å². The Morgan fingerprint density at radius 1 is 0.600 bits per heavy atom. The molecule has 0 amide bonds. The molecular weight excluding hydrogens is 421 g/mol. The van der Waals surface area contributed by atoms with Gasteiger partial charge in [-0.2, -0.15) is 0 Å². The SMILES string of the molecule is CCCCCCCCCCCCCCCC[N+]1(CC)CCOCC1.[I-]. The van der Waals surface area contributed by atoms with E-state index in [1.54, 1.807) is 0 Å². The predicted octanol–water partition coefficient (Wildman–Crippen LogP) is 3.34. The highest BCUT2D eigenvalue weighted by molar-refractivity contribution is 4.52. The summed E-state index contributed by atoms with van der Waals surface area (Å²) in [5.74, 6) is 0. The lowest BCUT2D eigenvalue weighted by Crippen LogP contribution is -3.00. The third-order valence-electron chi connectivity index (χ3n) is 6.08. The Morgan fingerprint density at radius 2 is 1.00 bits per heavy atom. The second-order valence-electron chi connectivity index (χ2n) is 8.04. The monoisotopic (exact) mass is 467 g/mol. The molecule has 0 spiro atoms. The minimum atomic E-state index is 0. The van der Waals surface area contributed by atoms with Crippen molar-refractivity contribution < 1.29 is 33.2 Å². The van der Waals surface area contributed by atoms with Crippen LogP contribution in [0.15, 0.2) is 0 Å². The van der Waals surface area contributed by atoms with Gasteiger partial charge in [0.25, 0.3) is 0 Å². The van der Waals surface area contributed by atoms with Crippen molar-refractivity contribution in [3.05, 3.63) is 0 Å². The van der Waals surface area contributed by atoms with Gasteiger partial charge in [0.05, 0.1) is 26.3 Å². The molecule has 1 saturated heterocycles. The Kier molecular flexibility index (Phi) is 18.5. The molecule has 0 aromatic heterocycles. The van der Waals surface area contributed by atoms with Crippen molar-refractivity contribution >= 4 is 0 Å². The van der Waals surface area contributed by atoms with E-state index in [2.05, 4.69) is 13.8 Å². The van der Waals surface area contributed by atoms with E-state index in [-0.39, 0.29) is 24.0 Å². The quantitative estimate of drug-likeness (QED) is 0.192. The van der Waals surface area contributed by atoms with Crippen LogP contribution in [0.5, 0.6) is 0 Å². The molecule has 2 nitrogen and oxygen atoms in total. The Labute approximate surface area is 176 Å². The molecule has 0 aromatic carbocycles. The molecule has 1 rings (SSSR count). The topological polar surface area (TPSA) is 9.23 Å². The Morgan fingerprint density at radius 3 is 1.40 bits per heavy atom. The van der Waals surface area contributed by atoms with E-state index < -0.39 is 0 Å². The molecule has 0 aliphatic carbocycles. The lowest BCUT2D eigenvalue weighted by Gasteiger charge is -2.40. The van der Waals surface area contributed by atoms with Gasteiger partial charge < -0.3 is 33.2 Å². The summed E-state index contributed by atoms with van der Waals surface area (Å²) in [6, 6.07) is 0. The third-order valence-corrected chi connectivity index (χ3v) is 6.08. The summed E-state index contributed by atoms with van der Waals surface area (Å²) >= 11 is 0. The summed E-state index contributed by atoms with van der Waals surface area (Å²) in [7, 11) is 0. The normalized spacial score (nSPS) is 16.6. The molecule has 0 bridgehead atoms. The lowest BCUT2D eigenvalue weighted by atomic mass is 10.0. The van der Waals surface area contributed by atoms with Gasteiger partial charge >= 0.3 is 0 Å². The summed E-state index contributed by atoms with van der Waals surface area (Å²) < 4.78 is 6.85. The number of hydrogen-bond donors (Lipinski definition) is 0. The number of morpholine rings is 1. The molecule has 152 valence electrons. The molecule has 1 fully saturated rings. The lowest BCUT2D eigenvalue weighted by molar-refractivity contribution is -0.933. The molecular formula is C22H46INO. The zero-order valence-corrected chi connectivity index (χ0v) is 19.5. The van der Waals surface area contributed by atoms with Gasteiger partial charge in [0.2, 0.25) is 0 Å². The van der Waals surface area contributed by atoms with Crippen LogP contribution in [-0.2, 0) is 4.74 Å². The van der Waals surface area contributed by atoms with Crippen molar-refractivity contribution in [2.24, 2.45) is 0 Å². The van der Waals surface area contributed by atoms with Gasteiger partial charge in [-0.05, 0) is 19.8 Å². The second kappa shape index (κ2) is 18.0. The molecule has 0 aromatic rings. The van der Waals surface area contributed by atoms with Crippen molar-refractivity contribution in [3.8, 4) is 0 Å². The van der Waals surface area contributed by atoms with Crippen molar-refractivity contribution in [2.45, 2.75) is 104 Å². The number of hydrogen-bond acceptors (Lipinski definition) is 1. The van der Waals surface area contributed by atoms with Crippen LogP contribution in [-0.4, -0.2) is 43.9 Å². The smallest absolute Gasteiger partial charge is 0.102 e. The standard InChI is InChI=1S/C22H46NO.HI/c1-3-5-6-7-8-9-10-11-12-13-14-15-16-17-18-23(4-2)19-21-24-22-20-23;/h3-22H2,1-2H3;1H/q+1;/p-1. The van der Waals surface area contributed by atoms with E-state index in [1.807, 2.05) is 0 Å². The molecule has 0 atom stereocenters. The molecule has 1 aliphatic rings. The molecule has 0 saturated carbocycles. The average molecular weight is 468 g/mol. The maximum absolute atomic E-state index is 5.53. The zero-order valence-electron chi connectivity index (χ0n) is 17.4. The van der Waals surface area contributed by atoms with Crippen molar-refractivity contribution in [1.82, 2.24) is 0 Å². The number of quaternary nitrogens is 1. The maximum Gasteiger partial charge on any atom is 0.102 e. The molecule has 1 aliphatic heterocycles. The van der Waals surface area contributed by atoms with Gasteiger partial charge in [0, 0.05) is 0 Å². The molecule has 0 N–H and O–H groups in total. The van der Waals surface area contributed by atoms with Crippen LogP contribution >= 0.6 is 0 Å². The van der Waals surface area contributed by atoms with Gasteiger partial charge in [-0.25, -0.2) is 0 Å². The zero-order chi connectivity index (χ0) is 17.3. The van der Waals surface area contributed by atoms with Crippen LogP contribution in [0.25, 0.3) is 0 Å². The Hall–Kier alpha value is 0.650. The second-order valence-corrected chi connectivity index (χ2v) is 8.04. The minimum absolute atomic E-state index is 0. The Bertz CT molecular complexity index is 267. The number of likely N-dealkylation sites (N-methyl/N-ethyl adjacent to an activating group) is 1. The molecule has 3 heteroatoms. The van der Waals surface area contributed by atoms with E-state index in [1.165, 1.54) is 121 Å². The fraction of sp³-hybridized carbons (Fsp3) is 1.00. The highest BCUT2D eigenvalue weighted by atomic mass is 127. The van der Waals surface area contributed by atoms with Crippen LogP contribution in [0, 0.1) is 0 Å². The summed E-state index contributed by atoms with van der Waals surface area (Å²) in [6.07, 6.45) is 20.4. The fourth-order valence-electron chi connectivity index (χ4n) is 4.07. The fourth-order valence-corrected chi connectivity index (χ4v) is 4.07.